The van der Waals surface area contributed by atoms with Crippen LogP contribution in [0.25, 0.3) is 0 Å². The van der Waals surface area contributed by atoms with E-state index in [0.717, 1.165) is 3.79 Å². The van der Waals surface area contributed by atoms with Gasteiger partial charge in [-0.3, -0.25) is 4.79 Å². The summed E-state index contributed by atoms with van der Waals surface area (Å²) in [5.41, 5.74) is -0.109. The molecule has 0 bridgehead atoms. The predicted octanol–water partition coefficient (Wildman–Crippen LogP) is 2.82. The molecule has 1 aromatic rings. The number of carbonyl (C=O) groups excluding carboxylic acids is 1. The summed E-state index contributed by atoms with van der Waals surface area (Å²) in [6, 6.07) is 5.88. The highest BCUT2D eigenvalue weighted by atomic mass is 79.9. The molecule has 0 saturated carbocycles. The summed E-state index contributed by atoms with van der Waals surface area (Å²) >= 11 is 5.08. The number of carbonyl (C=O) groups is 1. The van der Waals surface area contributed by atoms with E-state index in [1.54, 1.807) is 11.3 Å². The first-order valence-electron chi connectivity index (χ1n) is 4.85. The van der Waals surface area contributed by atoms with Crippen LogP contribution in [0.2, 0.25) is 0 Å². The first kappa shape index (κ1) is 13.2. The van der Waals surface area contributed by atoms with E-state index < -0.39 is 0 Å². The summed E-state index contributed by atoms with van der Waals surface area (Å²) in [5.74, 6) is -0.216. The van der Waals surface area contributed by atoms with Gasteiger partial charge in [-0.25, -0.2) is 0 Å². The van der Waals surface area contributed by atoms with Crippen LogP contribution in [-0.4, -0.2) is 12.5 Å². The molecule has 0 unspecified atom stereocenters. The molecule has 1 N–H and O–H groups in total. The van der Waals surface area contributed by atoms with Gasteiger partial charge in [-0.1, -0.05) is 13.8 Å². The molecule has 0 spiro atoms. The van der Waals surface area contributed by atoms with Crippen molar-refractivity contribution in [3.8, 4) is 6.07 Å². The standard InChI is InChI=1S/C11H13BrN2OS/c1-11(2,7-14-10(15)5-6-13)8-3-4-9(12)16-8/h3-4H,5,7H2,1-2H3,(H,14,15). The van der Waals surface area contributed by atoms with Gasteiger partial charge in [-0.15, -0.1) is 11.3 Å². The third-order valence-corrected chi connectivity index (χ3v) is 4.20. The lowest BCUT2D eigenvalue weighted by atomic mass is 9.91. The third-order valence-electron chi connectivity index (χ3n) is 2.21. The van der Waals surface area contributed by atoms with Crippen molar-refractivity contribution >= 4 is 33.2 Å². The summed E-state index contributed by atoms with van der Waals surface area (Å²) in [4.78, 5) is 12.4. The number of halogens is 1. The number of nitrogens with one attached hydrogen (secondary N) is 1. The zero-order valence-corrected chi connectivity index (χ0v) is 11.6. The molecule has 1 aromatic heterocycles. The number of thiophene rings is 1. The van der Waals surface area contributed by atoms with Crippen molar-refractivity contribution in [3.05, 3.63) is 20.8 Å². The van der Waals surface area contributed by atoms with Crippen molar-refractivity contribution in [1.82, 2.24) is 5.32 Å². The summed E-state index contributed by atoms with van der Waals surface area (Å²) in [6.07, 6.45) is -0.0792. The maximum Gasteiger partial charge on any atom is 0.234 e. The Kier molecular flexibility index (Phi) is 4.51. The topological polar surface area (TPSA) is 52.9 Å². The summed E-state index contributed by atoms with van der Waals surface area (Å²) < 4.78 is 1.08. The lowest BCUT2D eigenvalue weighted by Gasteiger charge is -2.23. The van der Waals surface area contributed by atoms with Gasteiger partial charge in [0.15, 0.2) is 0 Å². The molecule has 0 aliphatic carbocycles. The fraction of sp³-hybridized carbons (Fsp3) is 0.455. The lowest BCUT2D eigenvalue weighted by molar-refractivity contribution is -0.120. The lowest BCUT2D eigenvalue weighted by Crippen LogP contribution is -2.35. The Hall–Kier alpha value is -0.860. The predicted molar refractivity (Wildman–Crippen MR) is 68.3 cm³/mol. The van der Waals surface area contributed by atoms with Gasteiger partial charge in [0.1, 0.15) is 6.42 Å². The smallest absolute Gasteiger partial charge is 0.234 e. The maximum absolute atomic E-state index is 11.2. The van der Waals surface area contributed by atoms with Crippen molar-refractivity contribution < 1.29 is 4.79 Å². The van der Waals surface area contributed by atoms with Gasteiger partial charge in [0.25, 0.3) is 0 Å². The van der Waals surface area contributed by atoms with E-state index in [1.165, 1.54) is 4.88 Å². The van der Waals surface area contributed by atoms with Gasteiger partial charge in [0, 0.05) is 16.8 Å². The molecule has 0 aliphatic heterocycles. The largest absolute Gasteiger partial charge is 0.354 e. The second-order valence-corrected chi connectivity index (χ2v) is 6.56. The number of amides is 1. The molecule has 0 fully saturated rings. The second-order valence-electron chi connectivity index (χ2n) is 4.10. The average Bonchev–Trinajstić information content (AvgIpc) is 2.63. The molecule has 5 heteroatoms. The van der Waals surface area contributed by atoms with E-state index in [2.05, 4.69) is 35.1 Å². The second kappa shape index (κ2) is 5.46. The van der Waals surface area contributed by atoms with E-state index in [9.17, 15) is 4.79 Å². The SMILES string of the molecule is CC(C)(CNC(=O)CC#N)c1ccc(Br)s1. The molecule has 86 valence electrons. The van der Waals surface area contributed by atoms with Crippen LogP contribution in [0.3, 0.4) is 0 Å². The van der Waals surface area contributed by atoms with E-state index in [-0.39, 0.29) is 17.7 Å². The van der Waals surface area contributed by atoms with Gasteiger partial charge >= 0.3 is 0 Å². The molecular formula is C11H13BrN2OS. The first-order valence-corrected chi connectivity index (χ1v) is 6.46. The molecule has 0 aromatic carbocycles. The average molecular weight is 301 g/mol. The molecule has 1 rings (SSSR count). The molecule has 3 nitrogen and oxygen atoms in total. The number of hydrogen-bond acceptors (Lipinski definition) is 3. The zero-order chi connectivity index (χ0) is 12.2. The third kappa shape index (κ3) is 3.62. The highest BCUT2D eigenvalue weighted by molar-refractivity contribution is 9.11. The van der Waals surface area contributed by atoms with Gasteiger partial charge in [0.05, 0.1) is 9.86 Å². The van der Waals surface area contributed by atoms with E-state index in [4.69, 9.17) is 5.26 Å². The van der Waals surface area contributed by atoms with Gasteiger partial charge in [-0.2, -0.15) is 5.26 Å². The molecule has 0 saturated heterocycles. The number of rotatable bonds is 4. The van der Waals surface area contributed by atoms with Crippen molar-refractivity contribution in [2.75, 3.05) is 6.54 Å². The summed E-state index contributed by atoms with van der Waals surface area (Å²) in [7, 11) is 0. The fourth-order valence-electron chi connectivity index (χ4n) is 1.22. The molecule has 1 heterocycles. The van der Waals surface area contributed by atoms with Crippen molar-refractivity contribution in [1.29, 1.82) is 5.26 Å². The molecule has 0 radical (unpaired) electrons. The van der Waals surface area contributed by atoms with Crippen LogP contribution in [0, 0.1) is 11.3 Å². The van der Waals surface area contributed by atoms with Gasteiger partial charge in [-0.05, 0) is 28.1 Å². The normalized spacial score (nSPS) is 10.9. The first-order chi connectivity index (χ1) is 7.45. The monoisotopic (exact) mass is 300 g/mol. The summed E-state index contributed by atoms with van der Waals surface area (Å²) in [5, 5.41) is 11.1. The molecule has 0 aliphatic rings. The zero-order valence-electron chi connectivity index (χ0n) is 9.21. The van der Waals surface area contributed by atoms with Crippen LogP contribution in [-0.2, 0) is 10.2 Å². The quantitative estimate of drug-likeness (QED) is 0.929. The Balaban J connectivity index is 2.59. The van der Waals surface area contributed by atoms with Crippen LogP contribution < -0.4 is 5.32 Å². The Morgan fingerprint density at radius 2 is 2.31 bits per heavy atom. The fourth-order valence-corrected chi connectivity index (χ4v) is 2.71. The highest BCUT2D eigenvalue weighted by Gasteiger charge is 2.23. The van der Waals surface area contributed by atoms with Crippen LogP contribution in [0.1, 0.15) is 25.1 Å². The minimum absolute atomic E-state index is 0.0792. The van der Waals surface area contributed by atoms with Crippen LogP contribution >= 0.6 is 27.3 Å². The Bertz CT molecular complexity index is 420. The van der Waals surface area contributed by atoms with Gasteiger partial charge in [0.2, 0.25) is 5.91 Å². The van der Waals surface area contributed by atoms with Crippen molar-refractivity contribution in [2.24, 2.45) is 0 Å². The number of nitriles is 1. The van der Waals surface area contributed by atoms with Crippen LogP contribution in [0.4, 0.5) is 0 Å². The van der Waals surface area contributed by atoms with E-state index in [1.807, 2.05) is 18.2 Å². The van der Waals surface area contributed by atoms with Crippen LogP contribution in [0.5, 0.6) is 0 Å². The maximum atomic E-state index is 11.2. The molecule has 0 atom stereocenters. The Morgan fingerprint density at radius 1 is 1.62 bits per heavy atom. The van der Waals surface area contributed by atoms with Gasteiger partial charge < -0.3 is 5.32 Å². The van der Waals surface area contributed by atoms with Crippen molar-refractivity contribution in [3.63, 3.8) is 0 Å². The molecule has 16 heavy (non-hydrogen) atoms. The minimum Gasteiger partial charge on any atom is -0.354 e. The molecule has 1 amide bonds. The van der Waals surface area contributed by atoms with Crippen LogP contribution in [0.15, 0.2) is 15.9 Å². The Labute approximate surface area is 108 Å². The van der Waals surface area contributed by atoms with E-state index >= 15 is 0 Å². The summed E-state index contributed by atoms with van der Waals surface area (Å²) in [6.45, 7) is 4.68. The number of nitrogens with zero attached hydrogens (tertiary/aromatic N) is 1. The Morgan fingerprint density at radius 3 is 2.81 bits per heavy atom. The van der Waals surface area contributed by atoms with Crippen molar-refractivity contribution in [2.45, 2.75) is 25.7 Å². The minimum atomic E-state index is -0.216. The van der Waals surface area contributed by atoms with E-state index in [0.29, 0.717) is 6.54 Å². The molecular weight excluding hydrogens is 288 g/mol. The highest BCUT2D eigenvalue weighted by Crippen LogP contribution is 2.32. The number of hydrogen-bond donors (Lipinski definition) is 1.